The largest absolute Gasteiger partial charge is 0.406 e. The van der Waals surface area contributed by atoms with Gasteiger partial charge in [-0.05, 0) is 12.8 Å². The van der Waals surface area contributed by atoms with Crippen molar-refractivity contribution in [2.24, 2.45) is 5.92 Å². The lowest BCUT2D eigenvalue weighted by atomic mass is 9.85. The first kappa shape index (κ1) is 17.1. The van der Waals surface area contributed by atoms with E-state index in [0.717, 1.165) is 19.3 Å². The summed E-state index contributed by atoms with van der Waals surface area (Å²) in [5.74, 6) is -1.90. The van der Waals surface area contributed by atoms with E-state index in [9.17, 15) is 27.9 Å². The molecule has 1 saturated carbocycles. The minimum absolute atomic E-state index is 0.0931. The van der Waals surface area contributed by atoms with E-state index in [-0.39, 0.29) is 19.5 Å². The normalized spacial score (nSPS) is 25.4. The fraction of sp³-hybridized carbons (Fsp3) is 0.857. The van der Waals surface area contributed by atoms with Crippen LogP contribution in [0.15, 0.2) is 0 Å². The Morgan fingerprint density at radius 1 is 1.32 bits per heavy atom. The van der Waals surface area contributed by atoms with E-state index in [1.807, 2.05) is 0 Å². The zero-order valence-electron chi connectivity index (χ0n) is 12.3. The first-order valence-corrected chi connectivity index (χ1v) is 7.53. The molecule has 1 aliphatic carbocycles. The van der Waals surface area contributed by atoms with Crippen molar-refractivity contribution in [3.05, 3.63) is 0 Å². The topological polar surface area (TPSA) is 69.6 Å². The molecular formula is C14H21F3N2O3. The molecule has 0 radical (unpaired) electrons. The fourth-order valence-corrected chi connectivity index (χ4v) is 3.10. The smallest absolute Gasteiger partial charge is 0.388 e. The number of carbonyl (C=O) groups is 2. The number of amides is 2. The summed E-state index contributed by atoms with van der Waals surface area (Å²) in [6.45, 7) is -1.45. The summed E-state index contributed by atoms with van der Waals surface area (Å²) < 4.78 is 37.0. The number of carbonyl (C=O) groups excluding carboxylic acids is 2. The van der Waals surface area contributed by atoms with Crippen LogP contribution in [-0.4, -0.2) is 53.2 Å². The Bertz CT molecular complexity index is 434. The van der Waals surface area contributed by atoms with Crippen LogP contribution < -0.4 is 5.32 Å². The predicted molar refractivity (Wildman–Crippen MR) is 71.8 cm³/mol. The maximum Gasteiger partial charge on any atom is 0.406 e. The monoisotopic (exact) mass is 322 g/mol. The van der Waals surface area contributed by atoms with Crippen molar-refractivity contribution in [3.8, 4) is 0 Å². The van der Waals surface area contributed by atoms with Crippen LogP contribution in [0, 0.1) is 5.92 Å². The van der Waals surface area contributed by atoms with E-state index >= 15 is 0 Å². The Morgan fingerprint density at radius 3 is 2.55 bits per heavy atom. The minimum atomic E-state index is -4.46. The van der Waals surface area contributed by atoms with E-state index < -0.39 is 36.1 Å². The molecule has 1 unspecified atom stereocenters. The molecule has 1 heterocycles. The predicted octanol–water partition coefficient (Wildman–Crippen LogP) is 1.21. The van der Waals surface area contributed by atoms with Gasteiger partial charge < -0.3 is 15.3 Å². The molecule has 2 amide bonds. The van der Waals surface area contributed by atoms with Gasteiger partial charge in [-0.1, -0.05) is 19.3 Å². The molecule has 5 nitrogen and oxygen atoms in total. The molecule has 22 heavy (non-hydrogen) atoms. The molecule has 1 atom stereocenters. The Hall–Kier alpha value is -1.31. The Kier molecular flexibility index (Phi) is 4.99. The summed E-state index contributed by atoms with van der Waals surface area (Å²) in [4.78, 5) is 24.2. The molecule has 0 bridgehead atoms. The molecule has 0 aromatic rings. The van der Waals surface area contributed by atoms with Crippen molar-refractivity contribution in [1.29, 1.82) is 0 Å². The molecule has 126 valence electrons. The molecule has 0 aromatic carbocycles. The third-order valence-corrected chi connectivity index (χ3v) is 4.33. The van der Waals surface area contributed by atoms with Crippen LogP contribution in [0.3, 0.4) is 0 Å². The summed E-state index contributed by atoms with van der Waals surface area (Å²) in [6.07, 6.45) is -0.603. The lowest BCUT2D eigenvalue weighted by molar-refractivity contribution is -0.157. The van der Waals surface area contributed by atoms with Crippen molar-refractivity contribution in [2.45, 2.75) is 50.3 Å². The SMILES string of the molecule is O=C(NCC1(O)CCCCC1)C1CC(=O)N(CC(F)(F)F)C1. The zero-order chi connectivity index (χ0) is 16.4. The molecule has 2 rings (SSSR count). The molecule has 1 aliphatic heterocycles. The molecule has 2 aliphatic rings. The number of rotatable bonds is 4. The van der Waals surface area contributed by atoms with Gasteiger partial charge in [-0.3, -0.25) is 9.59 Å². The first-order chi connectivity index (χ1) is 10.2. The Balaban J connectivity index is 1.82. The molecule has 2 fully saturated rings. The van der Waals surface area contributed by atoms with E-state index in [4.69, 9.17) is 0 Å². The highest BCUT2D eigenvalue weighted by molar-refractivity contribution is 5.89. The van der Waals surface area contributed by atoms with Crippen molar-refractivity contribution in [2.75, 3.05) is 19.6 Å². The maximum absolute atomic E-state index is 12.3. The number of nitrogens with one attached hydrogen (secondary N) is 1. The maximum atomic E-state index is 12.3. The third-order valence-electron chi connectivity index (χ3n) is 4.33. The van der Waals surface area contributed by atoms with Crippen molar-refractivity contribution in [3.63, 3.8) is 0 Å². The van der Waals surface area contributed by atoms with Gasteiger partial charge in [0, 0.05) is 19.5 Å². The van der Waals surface area contributed by atoms with Gasteiger partial charge in [0.15, 0.2) is 0 Å². The third kappa shape index (κ3) is 4.59. The molecule has 0 spiro atoms. The highest BCUT2D eigenvalue weighted by Crippen LogP contribution is 2.28. The summed E-state index contributed by atoms with van der Waals surface area (Å²) in [6, 6.07) is 0. The standard InChI is InChI=1S/C14H21F3N2O3/c15-14(16,17)9-19-7-10(6-11(19)20)12(21)18-8-13(22)4-2-1-3-5-13/h10,22H,1-9H2,(H,18,21). The molecule has 8 heteroatoms. The quantitative estimate of drug-likeness (QED) is 0.817. The van der Waals surface area contributed by atoms with Crippen molar-refractivity contribution >= 4 is 11.8 Å². The van der Waals surface area contributed by atoms with Gasteiger partial charge >= 0.3 is 6.18 Å². The summed E-state index contributed by atoms with van der Waals surface area (Å²) in [5.41, 5.74) is -0.928. The van der Waals surface area contributed by atoms with Gasteiger partial charge in [0.1, 0.15) is 6.54 Å². The molecular weight excluding hydrogens is 301 g/mol. The first-order valence-electron chi connectivity index (χ1n) is 7.53. The van der Waals surface area contributed by atoms with Crippen LogP contribution in [0.25, 0.3) is 0 Å². The summed E-state index contributed by atoms with van der Waals surface area (Å²) in [5, 5.41) is 12.9. The van der Waals surface area contributed by atoms with Crippen LogP contribution in [-0.2, 0) is 9.59 Å². The van der Waals surface area contributed by atoms with E-state index in [1.165, 1.54) is 0 Å². The van der Waals surface area contributed by atoms with E-state index in [1.54, 1.807) is 0 Å². The van der Waals surface area contributed by atoms with Gasteiger partial charge in [0.2, 0.25) is 11.8 Å². The lowest BCUT2D eigenvalue weighted by Crippen LogP contribution is -2.46. The van der Waals surface area contributed by atoms with Crippen LogP contribution in [0.1, 0.15) is 38.5 Å². The van der Waals surface area contributed by atoms with Crippen LogP contribution in [0.5, 0.6) is 0 Å². The van der Waals surface area contributed by atoms with Crippen LogP contribution in [0.2, 0.25) is 0 Å². The second kappa shape index (κ2) is 6.44. The highest BCUT2D eigenvalue weighted by atomic mass is 19.4. The number of halogens is 3. The minimum Gasteiger partial charge on any atom is -0.388 e. The number of hydrogen-bond acceptors (Lipinski definition) is 3. The second-order valence-corrected chi connectivity index (χ2v) is 6.29. The molecule has 1 saturated heterocycles. The summed E-state index contributed by atoms with van der Waals surface area (Å²) in [7, 11) is 0. The number of nitrogens with zero attached hydrogens (tertiary/aromatic N) is 1. The zero-order valence-corrected chi connectivity index (χ0v) is 12.3. The number of alkyl halides is 3. The Labute approximate surface area is 126 Å². The van der Waals surface area contributed by atoms with Crippen LogP contribution in [0.4, 0.5) is 13.2 Å². The van der Waals surface area contributed by atoms with E-state index in [0.29, 0.717) is 17.7 Å². The molecule has 0 aromatic heterocycles. The number of likely N-dealkylation sites (tertiary alicyclic amines) is 1. The van der Waals surface area contributed by atoms with Crippen molar-refractivity contribution in [1.82, 2.24) is 10.2 Å². The van der Waals surface area contributed by atoms with Crippen LogP contribution >= 0.6 is 0 Å². The fourth-order valence-electron chi connectivity index (χ4n) is 3.10. The van der Waals surface area contributed by atoms with Gasteiger partial charge in [-0.25, -0.2) is 0 Å². The van der Waals surface area contributed by atoms with Crippen molar-refractivity contribution < 1.29 is 27.9 Å². The van der Waals surface area contributed by atoms with Gasteiger partial charge in [0.25, 0.3) is 0 Å². The second-order valence-electron chi connectivity index (χ2n) is 6.29. The van der Waals surface area contributed by atoms with E-state index in [2.05, 4.69) is 5.32 Å². The molecule has 2 N–H and O–H groups in total. The average molecular weight is 322 g/mol. The number of aliphatic hydroxyl groups is 1. The summed E-state index contributed by atoms with van der Waals surface area (Å²) >= 11 is 0. The lowest BCUT2D eigenvalue weighted by Gasteiger charge is -2.32. The number of hydrogen-bond donors (Lipinski definition) is 2. The van der Waals surface area contributed by atoms with Gasteiger partial charge in [-0.15, -0.1) is 0 Å². The average Bonchev–Trinajstić information content (AvgIpc) is 2.76. The highest BCUT2D eigenvalue weighted by Gasteiger charge is 2.41. The Morgan fingerprint density at radius 2 is 1.95 bits per heavy atom. The van der Waals surface area contributed by atoms with Gasteiger partial charge in [-0.2, -0.15) is 13.2 Å². The van der Waals surface area contributed by atoms with Gasteiger partial charge in [0.05, 0.1) is 11.5 Å².